The standard InChI is InChI=1S/C24H29N5O2/c1-17-5-7-25-23(14-17)27-12-10-26(11-13-27)9-6-21-18(2)28-8-3-4-19-15-20(29(30)31)16-22(21)24(19)28/h5,7,14-16H,3-4,6,8-13H2,1-2H3. The third kappa shape index (κ3) is 3.67. The van der Waals surface area contributed by atoms with Gasteiger partial charge in [0.1, 0.15) is 5.82 Å². The van der Waals surface area contributed by atoms with E-state index in [2.05, 4.69) is 39.3 Å². The molecule has 2 aromatic heterocycles. The van der Waals surface area contributed by atoms with E-state index in [-0.39, 0.29) is 10.6 Å². The van der Waals surface area contributed by atoms with Gasteiger partial charge in [0, 0.05) is 68.7 Å². The van der Waals surface area contributed by atoms with Crippen LogP contribution in [0.5, 0.6) is 0 Å². The zero-order chi connectivity index (χ0) is 21.5. The lowest BCUT2D eigenvalue weighted by Crippen LogP contribution is -2.47. The first-order valence-corrected chi connectivity index (χ1v) is 11.2. The second-order valence-electron chi connectivity index (χ2n) is 8.85. The van der Waals surface area contributed by atoms with Crippen molar-refractivity contribution in [2.24, 2.45) is 0 Å². The molecule has 1 aromatic carbocycles. The van der Waals surface area contributed by atoms with Crippen LogP contribution >= 0.6 is 0 Å². The molecule has 4 heterocycles. The van der Waals surface area contributed by atoms with E-state index in [1.807, 2.05) is 12.3 Å². The van der Waals surface area contributed by atoms with Crippen LogP contribution in [0, 0.1) is 24.0 Å². The quantitative estimate of drug-likeness (QED) is 0.464. The van der Waals surface area contributed by atoms with Crippen LogP contribution in [0.3, 0.4) is 0 Å². The van der Waals surface area contributed by atoms with E-state index in [0.717, 1.165) is 75.3 Å². The van der Waals surface area contributed by atoms with Crippen LogP contribution in [-0.2, 0) is 19.4 Å². The predicted molar refractivity (Wildman–Crippen MR) is 123 cm³/mol. The first kappa shape index (κ1) is 20.0. The summed E-state index contributed by atoms with van der Waals surface area (Å²) in [6.45, 7) is 10.3. The van der Waals surface area contributed by atoms with Crippen LogP contribution in [0.2, 0.25) is 0 Å². The molecule has 0 bridgehead atoms. The van der Waals surface area contributed by atoms with Crippen molar-refractivity contribution in [2.45, 2.75) is 39.7 Å². The van der Waals surface area contributed by atoms with Gasteiger partial charge < -0.3 is 9.47 Å². The number of anilines is 1. The average Bonchev–Trinajstić information content (AvgIpc) is 3.05. The molecule has 1 fully saturated rings. The highest BCUT2D eigenvalue weighted by atomic mass is 16.6. The van der Waals surface area contributed by atoms with Crippen molar-refractivity contribution in [3.63, 3.8) is 0 Å². The minimum atomic E-state index is -0.250. The predicted octanol–water partition coefficient (Wildman–Crippen LogP) is 3.87. The lowest BCUT2D eigenvalue weighted by molar-refractivity contribution is -0.384. The highest BCUT2D eigenvalue weighted by molar-refractivity contribution is 5.91. The highest BCUT2D eigenvalue weighted by Crippen LogP contribution is 2.36. The molecule has 7 heteroatoms. The van der Waals surface area contributed by atoms with Crippen molar-refractivity contribution in [3.05, 3.63) is 63.0 Å². The summed E-state index contributed by atoms with van der Waals surface area (Å²) in [4.78, 5) is 20.6. The van der Waals surface area contributed by atoms with Crippen LogP contribution in [-0.4, -0.2) is 52.1 Å². The van der Waals surface area contributed by atoms with Gasteiger partial charge in [0.15, 0.2) is 0 Å². The molecule has 162 valence electrons. The number of benzene rings is 1. The van der Waals surface area contributed by atoms with Gasteiger partial charge in [0.25, 0.3) is 5.69 Å². The number of rotatable bonds is 5. The fraction of sp³-hybridized carbons (Fsp3) is 0.458. The molecule has 0 atom stereocenters. The van der Waals surface area contributed by atoms with E-state index in [0.29, 0.717) is 0 Å². The van der Waals surface area contributed by atoms with Gasteiger partial charge in [0.05, 0.1) is 10.4 Å². The second kappa shape index (κ2) is 7.96. The van der Waals surface area contributed by atoms with Gasteiger partial charge in [-0.2, -0.15) is 0 Å². The molecule has 2 aliphatic heterocycles. The smallest absolute Gasteiger partial charge is 0.270 e. The van der Waals surface area contributed by atoms with Gasteiger partial charge in [-0.05, 0) is 61.9 Å². The maximum Gasteiger partial charge on any atom is 0.270 e. The molecule has 0 spiro atoms. The molecule has 0 unspecified atom stereocenters. The largest absolute Gasteiger partial charge is 0.354 e. The van der Waals surface area contributed by atoms with Crippen molar-refractivity contribution < 1.29 is 4.92 Å². The Morgan fingerprint density at radius 2 is 1.90 bits per heavy atom. The Bertz CT molecular complexity index is 1140. The molecule has 0 N–H and O–H groups in total. The van der Waals surface area contributed by atoms with Gasteiger partial charge in [-0.3, -0.25) is 15.0 Å². The zero-order valence-electron chi connectivity index (χ0n) is 18.3. The number of pyridine rings is 1. The summed E-state index contributed by atoms with van der Waals surface area (Å²) < 4.78 is 2.38. The van der Waals surface area contributed by atoms with E-state index in [1.165, 1.54) is 22.3 Å². The Morgan fingerprint density at radius 1 is 1.10 bits per heavy atom. The van der Waals surface area contributed by atoms with Gasteiger partial charge in [-0.15, -0.1) is 0 Å². The molecule has 0 saturated carbocycles. The van der Waals surface area contributed by atoms with Crippen LogP contribution in [0.25, 0.3) is 10.9 Å². The summed E-state index contributed by atoms with van der Waals surface area (Å²) in [7, 11) is 0. The molecule has 3 aromatic rings. The number of aryl methyl sites for hydroxylation is 3. The number of nitrogens with zero attached hydrogens (tertiary/aromatic N) is 5. The number of nitro benzene ring substituents is 1. The first-order chi connectivity index (χ1) is 15.0. The second-order valence-corrected chi connectivity index (χ2v) is 8.85. The molecular weight excluding hydrogens is 390 g/mol. The topological polar surface area (TPSA) is 67.4 Å². The Hall–Kier alpha value is -2.93. The lowest BCUT2D eigenvalue weighted by Gasteiger charge is -2.35. The maximum absolute atomic E-state index is 11.5. The molecule has 1 saturated heterocycles. The van der Waals surface area contributed by atoms with Crippen molar-refractivity contribution in [3.8, 4) is 0 Å². The van der Waals surface area contributed by atoms with Crippen molar-refractivity contribution in [1.82, 2.24) is 14.5 Å². The van der Waals surface area contributed by atoms with Gasteiger partial charge in [-0.1, -0.05) is 0 Å². The average molecular weight is 420 g/mol. The molecule has 7 nitrogen and oxygen atoms in total. The molecule has 5 rings (SSSR count). The number of aromatic nitrogens is 2. The number of piperazine rings is 1. The maximum atomic E-state index is 11.5. The molecule has 0 radical (unpaired) electrons. The minimum Gasteiger partial charge on any atom is -0.354 e. The van der Waals surface area contributed by atoms with Crippen molar-refractivity contribution in [2.75, 3.05) is 37.6 Å². The molecule has 0 aliphatic carbocycles. The first-order valence-electron chi connectivity index (χ1n) is 11.2. The van der Waals surface area contributed by atoms with Crippen LogP contribution in [0.1, 0.15) is 28.8 Å². The van der Waals surface area contributed by atoms with E-state index >= 15 is 0 Å². The highest BCUT2D eigenvalue weighted by Gasteiger charge is 2.24. The Morgan fingerprint density at radius 3 is 2.65 bits per heavy atom. The molecular formula is C24H29N5O2. The third-order valence-electron chi connectivity index (χ3n) is 6.92. The number of nitro groups is 1. The number of non-ortho nitro benzene ring substituents is 1. The fourth-order valence-corrected chi connectivity index (χ4v) is 5.23. The van der Waals surface area contributed by atoms with Gasteiger partial charge >= 0.3 is 0 Å². The minimum absolute atomic E-state index is 0.224. The SMILES string of the molecule is Cc1ccnc(N2CCN(CCc3c(C)n4c5c(cc([N+](=O)[O-])cc35)CCC4)CC2)c1. The summed E-state index contributed by atoms with van der Waals surface area (Å²) in [6.07, 6.45) is 4.79. The summed E-state index contributed by atoms with van der Waals surface area (Å²) in [5.41, 5.74) is 6.37. The fourth-order valence-electron chi connectivity index (χ4n) is 5.23. The summed E-state index contributed by atoms with van der Waals surface area (Å²) in [5, 5.41) is 12.6. The number of hydrogen-bond donors (Lipinski definition) is 0. The van der Waals surface area contributed by atoms with Crippen molar-refractivity contribution in [1.29, 1.82) is 0 Å². The van der Waals surface area contributed by atoms with E-state index < -0.39 is 0 Å². The zero-order valence-corrected chi connectivity index (χ0v) is 18.3. The molecule has 0 amide bonds. The van der Waals surface area contributed by atoms with Crippen LogP contribution in [0.4, 0.5) is 11.5 Å². The van der Waals surface area contributed by atoms with Crippen LogP contribution < -0.4 is 4.90 Å². The summed E-state index contributed by atoms with van der Waals surface area (Å²) in [5.74, 6) is 1.07. The van der Waals surface area contributed by atoms with E-state index in [4.69, 9.17) is 0 Å². The molecule has 2 aliphatic rings. The number of hydrogen-bond acceptors (Lipinski definition) is 5. The van der Waals surface area contributed by atoms with E-state index in [1.54, 1.807) is 12.1 Å². The van der Waals surface area contributed by atoms with Gasteiger partial charge in [0.2, 0.25) is 0 Å². The normalized spacial score (nSPS) is 16.8. The van der Waals surface area contributed by atoms with Crippen LogP contribution in [0.15, 0.2) is 30.5 Å². The Kier molecular flexibility index (Phi) is 5.14. The molecule has 31 heavy (non-hydrogen) atoms. The Labute approximate surface area is 182 Å². The van der Waals surface area contributed by atoms with Gasteiger partial charge in [-0.25, -0.2) is 4.98 Å². The Balaban J connectivity index is 1.33. The summed E-state index contributed by atoms with van der Waals surface area (Å²) >= 11 is 0. The van der Waals surface area contributed by atoms with Crippen molar-refractivity contribution >= 4 is 22.4 Å². The third-order valence-corrected chi connectivity index (χ3v) is 6.92. The monoisotopic (exact) mass is 419 g/mol. The van der Waals surface area contributed by atoms with E-state index in [9.17, 15) is 10.1 Å². The lowest BCUT2D eigenvalue weighted by atomic mass is 10.0. The summed E-state index contributed by atoms with van der Waals surface area (Å²) in [6, 6.07) is 7.76.